The second-order valence-corrected chi connectivity index (χ2v) is 4.94. The highest BCUT2D eigenvalue weighted by molar-refractivity contribution is 9.10. The quantitative estimate of drug-likeness (QED) is 0.824. The fourth-order valence-electron chi connectivity index (χ4n) is 1.53. The first-order valence-corrected chi connectivity index (χ1v) is 6.32. The van der Waals surface area contributed by atoms with Crippen molar-refractivity contribution in [2.45, 2.75) is 6.92 Å². The predicted molar refractivity (Wildman–Crippen MR) is 74.9 cm³/mol. The van der Waals surface area contributed by atoms with Gasteiger partial charge in [0.25, 0.3) is 5.91 Å². The van der Waals surface area contributed by atoms with Crippen molar-refractivity contribution in [3.8, 4) is 5.75 Å². The van der Waals surface area contributed by atoms with E-state index in [9.17, 15) is 9.18 Å². The molecule has 0 bridgehead atoms. The molecule has 0 radical (unpaired) electrons. The van der Waals surface area contributed by atoms with Crippen LogP contribution >= 0.6 is 15.9 Å². The van der Waals surface area contributed by atoms with E-state index >= 15 is 0 Å². The molecule has 5 heteroatoms. The average Bonchev–Trinajstić information content (AvgIpc) is 2.36. The standard InChI is InChI=1S/C14H11BrFNO2/c1-8-2-3-9(6-11(8)15)14(19)17-13-5-4-10(18)7-12(13)16/h2-7,18H,1H3,(H,17,19). The van der Waals surface area contributed by atoms with E-state index < -0.39 is 11.7 Å². The van der Waals surface area contributed by atoms with Crippen LogP contribution in [0.15, 0.2) is 40.9 Å². The lowest BCUT2D eigenvalue weighted by Gasteiger charge is -2.08. The van der Waals surface area contributed by atoms with E-state index in [1.54, 1.807) is 18.2 Å². The van der Waals surface area contributed by atoms with E-state index in [4.69, 9.17) is 5.11 Å². The smallest absolute Gasteiger partial charge is 0.255 e. The molecule has 3 nitrogen and oxygen atoms in total. The number of anilines is 1. The Kier molecular flexibility index (Phi) is 3.85. The number of rotatable bonds is 2. The van der Waals surface area contributed by atoms with Crippen LogP contribution in [0.2, 0.25) is 0 Å². The first-order chi connectivity index (χ1) is 8.97. The molecule has 0 aliphatic heterocycles. The number of aryl methyl sites for hydroxylation is 1. The molecule has 0 atom stereocenters. The van der Waals surface area contributed by atoms with Gasteiger partial charge in [0, 0.05) is 16.1 Å². The Labute approximate surface area is 118 Å². The van der Waals surface area contributed by atoms with Crippen LogP contribution in [0.4, 0.5) is 10.1 Å². The minimum absolute atomic E-state index is 0.0273. The van der Waals surface area contributed by atoms with Crippen molar-refractivity contribution in [3.05, 3.63) is 57.8 Å². The first kappa shape index (κ1) is 13.5. The number of aromatic hydroxyl groups is 1. The molecule has 2 aromatic carbocycles. The zero-order valence-corrected chi connectivity index (χ0v) is 11.7. The van der Waals surface area contributed by atoms with Gasteiger partial charge in [-0.15, -0.1) is 0 Å². The molecule has 0 heterocycles. The highest BCUT2D eigenvalue weighted by Crippen LogP contribution is 2.21. The van der Waals surface area contributed by atoms with E-state index in [-0.39, 0.29) is 11.4 Å². The Morgan fingerprint density at radius 1 is 1.26 bits per heavy atom. The number of amides is 1. The summed E-state index contributed by atoms with van der Waals surface area (Å²) in [7, 11) is 0. The third-order valence-electron chi connectivity index (χ3n) is 2.63. The lowest BCUT2D eigenvalue weighted by Crippen LogP contribution is -2.13. The van der Waals surface area contributed by atoms with Crippen LogP contribution in [0, 0.1) is 12.7 Å². The molecular formula is C14H11BrFNO2. The summed E-state index contributed by atoms with van der Waals surface area (Å²) in [5, 5.41) is 11.6. The van der Waals surface area contributed by atoms with Crippen molar-refractivity contribution in [1.29, 1.82) is 0 Å². The zero-order chi connectivity index (χ0) is 14.0. The molecule has 0 saturated carbocycles. The number of nitrogens with one attached hydrogen (secondary N) is 1. The third kappa shape index (κ3) is 3.12. The van der Waals surface area contributed by atoms with Gasteiger partial charge in [0.2, 0.25) is 0 Å². The van der Waals surface area contributed by atoms with E-state index in [0.29, 0.717) is 5.56 Å². The van der Waals surface area contributed by atoms with Crippen LogP contribution in [-0.2, 0) is 0 Å². The highest BCUT2D eigenvalue weighted by atomic mass is 79.9. The fourth-order valence-corrected chi connectivity index (χ4v) is 1.91. The summed E-state index contributed by atoms with van der Waals surface area (Å²) < 4.78 is 14.3. The minimum atomic E-state index is -0.681. The topological polar surface area (TPSA) is 49.3 Å². The van der Waals surface area contributed by atoms with Gasteiger partial charge in [-0.1, -0.05) is 22.0 Å². The maximum atomic E-state index is 13.5. The summed E-state index contributed by atoms with van der Waals surface area (Å²) in [6.07, 6.45) is 0. The number of phenols is 1. The molecule has 0 aromatic heterocycles. The Morgan fingerprint density at radius 3 is 2.63 bits per heavy atom. The molecule has 0 fully saturated rings. The van der Waals surface area contributed by atoms with Gasteiger partial charge in [-0.25, -0.2) is 4.39 Å². The molecule has 19 heavy (non-hydrogen) atoms. The van der Waals surface area contributed by atoms with Gasteiger partial charge in [-0.05, 0) is 36.8 Å². The highest BCUT2D eigenvalue weighted by Gasteiger charge is 2.10. The summed E-state index contributed by atoms with van der Waals surface area (Å²) in [6.45, 7) is 1.91. The van der Waals surface area contributed by atoms with Crippen molar-refractivity contribution in [1.82, 2.24) is 0 Å². The molecule has 0 spiro atoms. The Morgan fingerprint density at radius 2 is 2.00 bits per heavy atom. The summed E-state index contributed by atoms with van der Waals surface area (Å²) in [6, 6.07) is 8.69. The molecule has 0 aliphatic carbocycles. The summed E-state index contributed by atoms with van der Waals surface area (Å²) >= 11 is 3.34. The molecule has 0 unspecified atom stereocenters. The maximum Gasteiger partial charge on any atom is 0.255 e. The van der Waals surface area contributed by atoms with E-state index in [1.165, 1.54) is 12.1 Å². The molecule has 2 aromatic rings. The van der Waals surface area contributed by atoms with Gasteiger partial charge in [0.05, 0.1) is 5.69 Å². The summed E-state index contributed by atoms with van der Waals surface area (Å²) in [4.78, 5) is 12.0. The van der Waals surface area contributed by atoms with Crippen molar-refractivity contribution < 1.29 is 14.3 Å². The van der Waals surface area contributed by atoms with Gasteiger partial charge >= 0.3 is 0 Å². The lowest BCUT2D eigenvalue weighted by atomic mass is 10.1. The molecule has 98 valence electrons. The Bertz CT molecular complexity index is 643. The normalized spacial score (nSPS) is 10.3. The third-order valence-corrected chi connectivity index (χ3v) is 3.49. The lowest BCUT2D eigenvalue weighted by molar-refractivity contribution is 0.102. The van der Waals surface area contributed by atoms with Gasteiger partial charge in [-0.2, -0.15) is 0 Å². The number of hydrogen-bond donors (Lipinski definition) is 2. The second kappa shape index (κ2) is 5.40. The molecule has 2 rings (SSSR count). The second-order valence-electron chi connectivity index (χ2n) is 4.08. The molecular weight excluding hydrogens is 313 g/mol. The van der Waals surface area contributed by atoms with Crippen LogP contribution in [0.1, 0.15) is 15.9 Å². The molecule has 2 N–H and O–H groups in total. The van der Waals surface area contributed by atoms with Crippen molar-refractivity contribution in [2.24, 2.45) is 0 Å². The number of phenolic OH excluding ortho intramolecular Hbond substituents is 1. The molecule has 0 saturated heterocycles. The molecule has 1 amide bonds. The number of hydrogen-bond acceptors (Lipinski definition) is 2. The summed E-state index contributed by atoms with van der Waals surface area (Å²) in [5.41, 5.74) is 1.46. The average molecular weight is 324 g/mol. The van der Waals surface area contributed by atoms with Crippen LogP contribution in [0.25, 0.3) is 0 Å². The van der Waals surface area contributed by atoms with Gasteiger partial charge in [0.1, 0.15) is 11.6 Å². The van der Waals surface area contributed by atoms with Gasteiger partial charge in [-0.3, -0.25) is 4.79 Å². The van der Waals surface area contributed by atoms with Crippen molar-refractivity contribution in [2.75, 3.05) is 5.32 Å². The van der Waals surface area contributed by atoms with Crippen LogP contribution in [0.3, 0.4) is 0 Å². The largest absolute Gasteiger partial charge is 0.508 e. The number of carbonyl (C=O) groups is 1. The Hall–Kier alpha value is -1.88. The van der Waals surface area contributed by atoms with Crippen molar-refractivity contribution >= 4 is 27.5 Å². The zero-order valence-electron chi connectivity index (χ0n) is 10.1. The predicted octanol–water partition coefficient (Wildman–Crippen LogP) is 3.85. The van der Waals surface area contributed by atoms with Crippen LogP contribution in [-0.4, -0.2) is 11.0 Å². The number of benzene rings is 2. The number of carbonyl (C=O) groups excluding carboxylic acids is 1. The van der Waals surface area contributed by atoms with E-state index in [0.717, 1.165) is 16.1 Å². The van der Waals surface area contributed by atoms with Gasteiger partial charge in [0.15, 0.2) is 0 Å². The van der Waals surface area contributed by atoms with Crippen LogP contribution < -0.4 is 5.32 Å². The van der Waals surface area contributed by atoms with E-state index in [1.807, 2.05) is 6.92 Å². The SMILES string of the molecule is Cc1ccc(C(=O)Nc2ccc(O)cc2F)cc1Br. The van der Waals surface area contributed by atoms with Crippen molar-refractivity contribution in [3.63, 3.8) is 0 Å². The van der Waals surface area contributed by atoms with Gasteiger partial charge < -0.3 is 10.4 Å². The van der Waals surface area contributed by atoms with Crippen LogP contribution in [0.5, 0.6) is 5.75 Å². The minimum Gasteiger partial charge on any atom is -0.508 e. The molecule has 0 aliphatic rings. The first-order valence-electron chi connectivity index (χ1n) is 5.53. The monoisotopic (exact) mass is 323 g/mol. The summed E-state index contributed by atoms with van der Waals surface area (Å²) in [5.74, 6) is -1.28. The maximum absolute atomic E-state index is 13.5. The number of halogens is 2. The van der Waals surface area contributed by atoms with E-state index in [2.05, 4.69) is 21.2 Å². The fraction of sp³-hybridized carbons (Fsp3) is 0.0714. The Balaban J connectivity index is 2.23.